The summed E-state index contributed by atoms with van der Waals surface area (Å²) in [5.74, 6) is -1.40. The second kappa shape index (κ2) is 5.79. The van der Waals surface area contributed by atoms with Crippen LogP contribution in [0.25, 0.3) is 0 Å². The summed E-state index contributed by atoms with van der Waals surface area (Å²) in [6.45, 7) is 7.20. The van der Waals surface area contributed by atoms with Gasteiger partial charge in [0, 0.05) is 18.1 Å². The summed E-state index contributed by atoms with van der Waals surface area (Å²) in [4.78, 5) is 10.7. The Morgan fingerprint density at radius 3 is 2.18 bits per heavy atom. The van der Waals surface area contributed by atoms with Crippen LogP contribution in [0.4, 0.5) is 0 Å². The van der Waals surface area contributed by atoms with E-state index in [1.54, 1.807) is 27.7 Å². The maximum absolute atomic E-state index is 11.1. The van der Waals surface area contributed by atoms with E-state index in [4.69, 9.17) is 5.11 Å². The van der Waals surface area contributed by atoms with E-state index < -0.39 is 27.4 Å². The molecule has 0 aliphatic rings. The minimum Gasteiger partial charge on any atom is -0.481 e. The third-order valence-electron chi connectivity index (χ3n) is 2.47. The van der Waals surface area contributed by atoms with Crippen molar-refractivity contribution in [3.8, 4) is 0 Å². The average molecular weight is 266 g/mol. The van der Waals surface area contributed by atoms with Crippen LogP contribution in [0.15, 0.2) is 0 Å². The van der Waals surface area contributed by atoms with Gasteiger partial charge >= 0.3 is 5.97 Å². The molecule has 6 nitrogen and oxygen atoms in total. The number of aliphatic carboxylic acids is 1. The SMILES string of the molecule is CC(NCC(C)(C)NS(C)(=O)=O)C(C)C(=O)O. The highest BCUT2D eigenvalue weighted by Crippen LogP contribution is 2.06. The molecule has 0 aromatic carbocycles. The molecule has 0 aromatic rings. The molecule has 0 amide bonds. The fourth-order valence-electron chi connectivity index (χ4n) is 1.34. The molecular formula is C10H22N2O4S. The number of sulfonamides is 1. The van der Waals surface area contributed by atoms with E-state index in [0.29, 0.717) is 6.54 Å². The first-order valence-electron chi connectivity index (χ1n) is 5.40. The molecule has 2 unspecified atom stereocenters. The van der Waals surface area contributed by atoms with E-state index in [1.807, 2.05) is 0 Å². The summed E-state index contributed by atoms with van der Waals surface area (Å²) < 4.78 is 24.7. The summed E-state index contributed by atoms with van der Waals surface area (Å²) in [5, 5.41) is 11.8. The largest absolute Gasteiger partial charge is 0.481 e. The lowest BCUT2D eigenvalue weighted by molar-refractivity contribution is -0.141. The van der Waals surface area contributed by atoms with Crippen molar-refractivity contribution in [2.24, 2.45) is 5.92 Å². The Hall–Kier alpha value is -0.660. The summed E-state index contributed by atoms with van der Waals surface area (Å²) in [5.41, 5.74) is -0.653. The van der Waals surface area contributed by atoms with Crippen molar-refractivity contribution in [3.63, 3.8) is 0 Å². The van der Waals surface area contributed by atoms with Crippen LogP contribution >= 0.6 is 0 Å². The van der Waals surface area contributed by atoms with Gasteiger partial charge in [-0.1, -0.05) is 6.92 Å². The van der Waals surface area contributed by atoms with Crippen molar-refractivity contribution >= 4 is 16.0 Å². The Balaban J connectivity index is 4.32. The van der Waals surface area contributed by atoms with Crippen molar-refractivity contribution in [2.45, 2.75) is 39.3 Å². The van der Waals surface area contributed by atoms with E-state index in [-0.39, 0.29) is 6.04 Å². The Morgan fingerprint density at radius 1 is 1.35 bits per heavy atom. The summed E-state index contributed by atoms with van der Waals surface area (Å²) >= 11 is 0. The molecule has 0 bridgehead atoms. The lowest BCUT2D eigenvalue weighted by Crippen LogP contribution is -2.52. The highest BCUT2D eigenvalue weighted by atomic mass is 32.2. The lowest BCUT2D eigenvalue weighted by Gasteiger charge is -2.28. The van der Waals surface area contributed by atoms with Gasteiger partial charge in [0.1, 0.15) is 0 Å². The number of hydrogen-bond acceptors (Lipinski definition) is 4. The van der Waals surface area contributed by atoms with Crippen LogP contribution < -0.4 is 10.0 Å². The van der Waals surface area contributed by atoms with E-state index >= 15 is 0 Å². The van der Waals surface area contributed by atoms with E-state index in [0.717, 1.165) is 6.26 Å². The number of nitrogens with one attached hydrogen (secondary N) is 2. The predicted octanol–water partition coefficient (Wildman–Crippen LogP) is 0.0130. The molecule has 0 radical (unpaired) electrons. The molecule has 0 heterocycles. The zero-order valence-electron chi connectivity index (χ0n) is 10.9. The summed E-state index contributed by atoms with van der Waals surface area (Å²) in [6, 6.07) is -0.229. The van der Waals surface area contributed by atoms with E-state index in [2.05, 4.69) is 10.0 Å². The first-order valence-corrected chi connectivity index (χ1v) is 7.29. The number of hydrogen-bond donors (Lipinski definition) is 3. The Morgan fingerprint density at radius 2 is 1.82 bits per heavy atom. The van der Waals surface area contributed by atoms with Crippen LogP contribution in [0.1, 0.15) is 27.7 Å². The van der Waals surface area contributed by atoms with Gasteiger partial charge in [-0.3, -0.25) is 4.79 Å². The number of carboxylic acids is 1. The maximum atomic E-state index is 11.1. The molecule has 0 aliphatic heterocycles. The van der Waals surface area contributed by atoms with Crippen LogP contribution in [-0.2, 0) is 14.8 Å². The molecule has 0 fully saturated rings. The van der Waals surface area contributed by atoms with Crippen molar-refractivity contribution in [3.05, 3.63) is 0 Å². The van der Waals surface area contributed by atoms with Gasteiger partial charge in [0.15, 0.2) is 0 Å². The zero-order valence-corrected chi connectivity index (χ0v) is 11.8. The van der Waals surface area contributed by atoms with E-state index in [1.165, 1.54) is 0 Å². The Labute approximate surface area is 103 Å². The molecule has 2 atom stereocenters. The van der Waals surface area contributed by atoms with Gasteiger partial charge in [0.25, 0.3) is 0 Å². The van der Waals surface area contributed by atoms with Gasteiger partial charge in [0.05, 0.1) is 12.2 Å². The van der Waals surface area contributed by atoms with Crippen LogP contribution in [0.2, 0.25) is 0 Å². The first-order chi connectivity index (χ1) is 7.44. The van der Waals surface area contributed by atoms with Crippen molar-refractivity contribution in [1.82, 2.24) is 10.0 Å². The van der Waals surface area contributed by atoms with Crippen LogP contribution in [0.5, 0.6) is 0 Å². The van der Waals surface area contributed by atoms with Gasteiger partial charge < -0.3 is 10.4 Å². The highest BCUT2D eigenvalue weighted by Gasteiger charge is 2.25. The first kappa shape index (κ1) is 16.3. The normalized spacial score (nSPS) is 16.5. The molecular weight excluding hydrogens is 244 g/mol. The molecule has 3 N–H and O–H groups in total. The zero-order chi connectivity index (χ0) is 13.9. The third kappa shape index (κ3) is 7.30. The van der Waals surface area contributed by atoms with Crippen molar-refractivity contribution in [2.75, 3.05) is 12.8 Å². The fraction of sp³-hybridized carbons (Fsp3) is 0.900. The number of carbonyl (C=O) groups is 1. The van der Waals surface area contributed by atoms with Gasteiger partial charge in [-0.15, -0.1) is 0 Å². The quantitative estimate of drug-likeness (QED) is 0.603. The highest BCUT2D eigenvalue weighted by molar-refractivity contribution is 7.88. The molecule has 0 rings (SSSR count). The molecule has 0 saturated carbocycles. The summed E-state index contributed by atoms with van der Waals surface area (Å²) in [6.07, 6.45) is 1.10. The molecule has 0 aromatic heterocycles. The standard InChI is InChI=1S/C10H22N2O4S/c1-7(9(13)14)8(2)11-6-10(3,4)12-17(5,15)16/h7-8,11-12H,6H2,1-5H3,(H,13,14). The lowest BCUT2D eigenvalue weighted by atomic mass is 10.0. The molecule has 7 heteroatoms. The molecule has 17 heavy (non-hydrogen) atoms. The number of rotatable bonds is 7. The van der Waals surface area contributed by atoms with Gasteiger partial charge in [-0.05, 0) is 20.8 Å². The monoisotopic (exact) mass is 266 g/mol. The molecule has 0 aliphatic carbocycles. The minimum absolute atomic E-state index is 0.229. The second-order valence-electron chi connectivity index (χ2n) is 5.05. The maximum Gasteiger partial charge on any atom is 0.307 e. The second-order valence-corrected chi connectivity index (χ2v) is 6.80. The topological polar surface area (TPSA) is 95.5 Å². The minimum atomic E-state index is -3.27. The number of carboxylic acid groups (broad SMARTS) is 1. The predicted molar refractivity (Wildman–Crippen MR) is 66.3 cm³/mol. The summed E-state index contributed by atoms with van der Waals surface area (Å²) in [7, 11) is -3.27. The van der Waals surface area contributed by atoms with Gasteiger partial charge in [-0.25, -0.2) is 13.1 Å². The fourth-order valence-corrected chi connectivity index (χ4v) is 2.42. The average Bonchev–Trinajstić information content (AvgIpc) is 2.09. The smallest absolute Gasteiger partial charge is 0.307 e. The van der Waals surface area contributed by atoms with Crippen LogP contribution in [0, 0.1) is 5.92 Å². The third-order valence-corrected chi connectivity index (χ3v) is 3.39. The van der Waals surface area contributed by atoms with Gasteiger partial charge in [-0.2, -0.15) is 0 Å². The van der Waals surface area contributed by atoms with Crippen LogP contribution in [-0.4, -0.2) is 43.9 Å². The van der Waals surface area contributed by atoms with Gasteiger partial charge in [0.2, 0.25) is 10.0 Å². The molecule has 0 saturated heterocycles. The van der Waals surface area contributed by atoms with Crippen molar-refractivity contribution in [1.29, 1.82) is 0 Å². The molecule has 0 spiro atoms. The Bertz CT molecular complexity index is 365. The van der Waals surface area contributed by atoms with E-state index in [9.17, 15) is 13.2 Å². The van der Waals surface area contributed by atoms with Crippen LogP contribution in [0.3, 0.4) is 0 Å². The molecule has 102 valence electrons. The Kier molecular flexibility index (Phi) is 5.57. The van der Waals surface area contributed by atoms with Crippen molar-refractivity contribution < 1.29 is 18.3 Å².